The number of hydrogen-bond acceptors (Lipinski definition) is 6. The van der Waals surface area contributed by atoms with Crippen molar-refractivity contribution in [2.75, 3.05) is 18.5 Å². The second-order valence-electron chi connectivity index (χ2n) is 5.11. The first-order chi connectivity index (χ1) is 10.1. The molecule has 0 radical (unpaired) electrons. The first-order valence-corrected chi connectivity index (χ1v) is 7.86. The van der Waals surface area contributed by atoms with Crippen molar-refractivity contribution in [3.05, 3.63) is 16.0 Å². The predicted molar refractivity (Wildman–Crippen MR) is 76.2 cm³/mol. The molecule has 1 aliphatic carbocycles. The number of nitrogens with one attached hydrogen (secondary N) is 1. The Balaban J connectivity index is 1.96. The van der Waals surface area contributed by atoms with Crippen molar-refractivity contribution in [2.24, 2.45) is 5.92 Å². The van der Waals surface area contributed by atoms with Gasteiger partial charge in [0.1, 0.15) is 5.00 Å². The summed E-state index contributed by atoms with van der Waals surface area (Å²) >= 11 is 1.19. The molecule has 1 fully saturated rings. The Hall–Kier alpha value is -1.44. The van der Waals surface area contributed by atoms with Gasteiger partial charge in [0.15, 0.2) is 6.29 Å². The highest BCUT2D eigenvalue weighted by atomic mass is 32.1. The molecule has 1 aromatic rings. The van der Waals surface area contributed by atoms with Gasteiger partial charge in [-0.3, -0.25) is 4.79 Å². The van der Waals surface area contributed by atoms with Crippen molar-refractivity contribution in [1.29, 1.82) is 0 Å². The zero-order chi connectivity index (χ0) is 15.0. The Kier molecular flexibility index (Phi) is 3.97. The number of anilines is 1. The maximum atomic E-state index is 12.2. The van der Waals surface area contributed by atoms with Crippen LogP contribution < -0.4 is 5.32 Å². The van der Waals surface area contributed by atoms with Crippen LogP contribution in [0.3, 0.4) is 0 Å². The molecule has 1 aromatic heterocycles. The zero-order valence-electron chi connectivity index (χ0n) is 11.7. The van der Waals surface area contributed by atoms with E-state index >= 15 is 0 Å². The number of thiophene rings is 1. The van der Waals surface area contributed by atoms with Crippen LogP contribution in [0.4, 0.5) is 5.00 Å². The molecular weight excluding hydrogens is 294 g/mol. The van der Waals surface area contributed by atoms with Crippen LogP contribution in [0.15, 0.2) is 0 Å². The molecule has 1 amide bonds. The Morgan fingerprint density at radius 2 is 2.24 bits per heavy atom. The van der Waals surface area contributed by atoms with Crippen LogP contribution in [-0.4, -0.2) is 30.2 Å². The summed E-state index contributed by atoms with van der Waals surface area (Å²) in [6.45, 7) is 2.34. The number of hydrogen-bond donors (Lipinski definition) is 2. The van der Waals surface area contributed by atoms with Gasteiger partial charge in [0.25, 0.3) is 0 Å². The Labute approximate surface area is 126 Å². The molecule has 1 saturated carbocycles. The summed E-state index contributed by atoms with van der Waals surface area (Å²) < 4.78 is 10.3. The first kappa shape index (κ1) is 14.5. The van der Waals surface area contributed by atoms with E-state index in [1.54, 1.807) is 6.92 Å². The van der Waals surface area contributed by atoms with Gasteiger partial charge in [-0.15, -0.1) is 11.3 Å². The van der Waals surface area contributed by atoms with Gasteiger partial charge in [0, 0.05) is 5.92 Å². The average molecular weight is 311 g/mol. The highest BCUT2D eigenvalue weighted by Gasteiger charge is 2.34. The van der Waals surface area contributed by atoms with E-state index in [1.807, 2.05) is 0 Å². The highest BCUT2D eigenvalue weighted by Crippen LogP contribution is 2.41. The third-order valence-corrected chi connectivity index (χ3v) is 4.73. The minimum absolute atomic E-state index is 0.0420. The number of carbonyl (C=O) groups excluding carboxylic acids is 2. The number of aliphatic hydroxyl groups excluding tert-OH is 1. The van der Waals surface area contributed by atoms with Gasteiger partial charge in [-0.1, -0.05) is 0 Å². The van der Waals surface area contributed by atoms with E-state index in [9.17, 15) is 14.7 Å². The monoisotopic (exact) mass is 311 g/mol. The van der Waals surface area contributed by atoms with E-state index in [4.69, 9.17) is 9.47 Å². The van der Waals surface area contributed by atoms with Gasteiger partial charge >= 0.3 is 5.97 Å². The first-order valence-electron chi connectivity index (χ1n) is 7.05. The third-order valence-electron chi connectivity index (χ3n) is 3.55. The molecule has 2 N–H and O–H groups in total. The number of fused-ring (bicyclic) bond motifs is 1. The molecule has 1 unspecified atom stereocenters. The standard InChI is InChI=1S/C14H17NO5S/c1-2-19-13(17)9-8-5-6-20-14(18)10(8)21-12(9)15-11(16)7-3-4-7/h7,14,18H,2-6H2,1H3,(H,15,16). The summed E-state index contributed by atoms with van der Waals surface area (Å²) in [5.41, 5.74) is 1.09. The van der Waals surface area contributed by atoms with Gasteiger partial charge in [0.05, 0.1) is 23.7 Å². The average Bonchev–Trinajstić information content (AvgIpc) is 3.22. The van der Waals surface area contributed by atoms with Gasteiger partial charge in [-0.05, 0) is 31.7 Å². The molecular formula is C14H17NO5S. The highest BCUT2D eigenvalue weighted by molar-refractivity contribution is 7.17. The lowest BCUT2D eigenvalue weighted by atomic mass is 10.1. The van der Waals surface area contributed by atoms with Crippen LogP contribution in [0.1, 0.15) is 46.9 Å². The van der Waals surface area contributed by atoms with Crippen molar-refractivity contribution in [1.82, 2.24) is 0 Å². The van der Waals surface area contributed by atoms with Gasteiger partial charge in [-0.25, -0.2) is 4.79 Å². The molecule has 1 aliphatic heterocycles. The molecule has 3 rings (SSSR count). The summed E-state index contributed by atoms with van der Waals surface area (Å²) in [6, 6.07) is 0. The number of rotatable bonds is 4. The molecule has 114 valence electrons. The lowest BCUT2D eigenvalue weighted by Crippen LogP contribution is -2.18. The summed E-state index contributed by atoms with van der Waals surface area (Å²) in [7, 11) is 0. The van der Waals surface area contributed by atoms with Crippen LogP contribution in [0, 0.1) is 5.92 Å². The van der Waals surface area contributed by atoms with E-state index in [1.165, 1.54) is 11.3 Å². The molecule has 7 heteroatoms. The van der Waals surface area contributed by atoms with Crippen LogP contribution in [-0.2, 0) is 20.7 Å². The lowest BCUT2D eigenvalue weighted by Gasteiger charge is -2.18. The molecule has 2 aliphatic rings. The molecule has 21 heavy (non-hydrogen) atoms. The van der Waals surface area contributed by atoms with E-state index in [-0.39, 0.29) is 18.4 Å². The van der Waals surface area contributed by atoms with Crippen LogP contribution in [0.5, 0.6) is 0 Å². The number of esters is 1. The van der Waals surface area contributed by atoms with E-state index in [0.29, 0.717) is 28.5 Å². The summed E-state index contributed by atoms with van der Waals surface area (Å²) in [6.07, 6.45) is 1.25. The van der Waals surface area contributed by atoms with E-state index in [2.05, 4.69) is 5.32 Å². The smallest absolute Gasteiger partial charge is 0.341 e. The second kappa shape index (κ2) is 5.75. The molecule has 0 bridgehead atoms. The predicted octanol–water partition coefficient (Wildman–Crippen LogP) is 1.84. The molecule has 2 heterocycles. The maximum absolute atomic E-state index is 12.2. The topological polar surface area (TPSA) is 84.9 Å². The normalized spacial score (nSPS) is 20.8. The Bertz CT molecular complexity index is 578. The van der Waals surface area contributed by atoms with Crippen molar-refractivity contribution in [2.45, 2.75) is 32.5 Å². The van der Waals surface area contributed by atoms with Gasteiger partial charge < -0.3 is 19.9 Å². The Morgan fingerprint density at radius 1 is 1.48 bits per heavy atom. The number of amides is 1. The van der Waals surface area contributed by atoms with Crippen molar-refractivity contribution in [3.63, 3.8) is 0 Å². The fourth-order valence-corrected chi connectivity index (χ4v) is 3.52. The summed E-state index contributed by atoms with van der Waals surface area (Å²) in [5.74, 6) is -0.495. The van der Waals surface area contributed by atoms with Gasteiger partial charge in [0.2, 0.25) is 5.91 Å². The van der Waals surface area contributed by atoms with Crippen LogP contribution >= 0.6 is 11.3 Å². The molecule has 6 nitrogen and oxygen atoms in total. The largest absolute Gasteiger partial charge is 0.462 e. The molecule has 1 atom stereocenters. The van der Waals surface area contributed by atoms with Crippen molar-refractivity contribution < 1.29 is 24.2 Å². The minimum atomic E-state index is -1.04. The van der Waals surface area contributed by atoms with E-state index in [0.717, 1.165) is 18.4 Å². The van der Waals surface area contributed by atoms with Crippen molar-refractivity contribution in [3.8, 4) is 0 Å². The molecule has 0 saturated heterocycles. The summed E-state index contributed by atoms with van der Waals surface area (Å²) in [5, 5.41) is 13.1. The number of ether oxygens (including phenoxy) is 2. The number of carbonyl (C=O) groups is 2. The van der Waals surface area contributed by atoms with E-state index < -0.39 is 12.3 Å². The van der Waals surface area contributed by atoms with Crippen LogP contribution in [0.2, 0.25) is 0 Å². The quantitative estimate of drug-likeness (QED) is 0.829. The second-order valence-corrected chi connectivity index (χ2v) is 6.16. The fraction of sp³-hybridized carbons (Fsp3) is 0.571. The Morgan fingerprint density at radius 3 is 2.90 bits per heavy atom. The van der Waals surface area contributed by atoms with Gasteiger partial charge in [-0.2, -0.15) is 0 Å². The summed E-state index contributed by atoms with van der Waals surface area (Å²) in [4.78, 5) is 24.7. The fourth-order valence-electron chi connectivity index (χ4n) is 2.35. The van der Waals surface area contributed by atoms with Crippen molar-refractivity contribution >= 4 is 28.2 Å². The zero-order valence-corrected chi connectivity index (χ0v) is 12.5. The lowest BCUT2D eigenvalue weighted by molar-refractivity contribution is -0.117. The molecule has 0 aromatic carbocycles. The van der Waals surface area contributed by atoms with Crippen LogP contribution in [0.25, 0.3) is 0 Å². The number of aliphatic hydroxyl groups is 1. The SMILES string of the molecule is CCOC(=O)c1c(NC(=O)C2CC2)sc2c1CCOC2O. The minimum Gasteiger partial charge on any atom is -0.462 e. The third kappa shape index (κ3) is 2.81. The molecule has 0 spiro atoms. The maximum Gasteiger partial charge on any atom is 0.341 e.